The zero-order chi connectivity index (χ0) is 19.8. The van der Waals surface area contributed by atoms with Crippen LogP contribution in [0, 0.1) is 5.92 Å². The van der Waals surface area contributed by atoms with Gasteiger partial charge in [-0.15, -0.1) is 11.3 Å². The maximum absolute atomic E-state index is 12.5. The van der Waals surface area contributed by atoms with Crippen molar-refractivity contribution in [2.75, 3.05) is 6.54 Å². The van der Waals surface area contributed by atoms with Gasteiger partial charge in [0, 0.05) is 13.0 Å². The SMILES string of the molecule is CC(c1ccccc1)N1CC(C(=O)NS(=O)(=O)c2cc(Cl)sc2Cl)CC1=O. The highest BCUT2D eigenvalue weighted by Crippen LogP contribution is 2.34. The van der Waals surface area contributed by atoms with E-state index in [2.05, 4.69) is 0 Å². The average molecular weight is 447 g/mol. The first-order valence-corrected chi connectivity index (χ1v) is 11.1. The number of nitrogens with one attached hydrogen (secondary N) is 1. The number of carbonyl (C=O) groups excluding carboxylic acids is 2. The van der Waals surface area contributed by atoms with E-state index < -0.39 is 21.8 Å². The van der Waals surface area contributed by atoms with Crippen LogP contribution in [0.5, 0.6) is 0 Å². The van der Waals surface area contributed by atoms with E-state index in [-0.39, 0.29) is 38.5 Å². The van der Waals surface area contributed by atoms with Crippen molar-refractivity contribution in [3.05, 3.63) is 50.6 Å². The Kier molecular flexibility index (Phi) is 5.81. The summed E-state index contributed by atoms with van der Waals surface area (Å²) in [6, 6.07) is 10.4. The largest absolute Gasteiger partial charge is 0.335 e. The third kappa shape index (κ3) is 4.29. The first-order valence-electron chi connectivity index (χ1n) is 8.05. The predicted molar refractivity (Wildman–Crippen MR) is 104 cm³/mol. The minimum atomic E-state index is -4.15. The Hall–Kier alpha value is -1.61. The average Bonchev–Trinajstić information content (AvgIpc) is 3.17. The molecule has 1 fully saturated rings. The smallest absolute Gasteiger partial charge is 0.266 e. The van der Waals surface area contributed by atoms with E-state index in [1.807, 2.05) is 42.0 Å². The summed E-state index contributed by atoms with van der Waals surface area (Å²) in [5.41, 5.74) is 0.944. The molecule has 0 spiro atoms. The summed E-state index contributed by atoms with van der Waals surface area (Å²) in [6.45, 7) is 2.02. The van der Waals surface area contributed by atoms with Crippen molar-refractivity contribution < 1.29 is 18.0 Å². The molecule has 2 heterocycles. The first kappa shape index (κ1) is 20.1. The first-order chi connectivity index (χ1) is 12.7. The molecular weight excluding hydrogens is 431 g/mol. The number of benzene rings is 1. The van der Waals surface area contributed by atoms with Crippen molar-refractivity contribution in [3.63, 3.8) is 0 Å². The lowest BCUT2D eigenvalue weighted by Crippen LogP contribution is -2.37. The van der Waals surface area contributed by atoms with Gasteiger partial charge in [0.05, 0.1) is 16.3 Å². The molecule has 144 valence electrons. The van der Waals surface area contributed by atoms with Crippen molar-refractivity contribution in [3.8, 4) is 0 Å². The Balaban J connectivity index is 1.71. The van der Waals surface area contributed by atoms with Crippen molar-refractivity contribution >= 4 is 56.4 Å². The van der Waals surface area contributed by atoms with Crippen LogP contribution in [0.15, 0.2) is 41.3 Å². The number of thiophene rings is 1. The number of amides is 2. The van der Waals surface area contributed by atoms with Crippen LogP contribution in [0.3, 0.4) is 0 Å². The molecule has 10 heteroatoms. The summed E-state index contributed by atoms with van der Waals surface area (Å²) in [5, 5.41) is 0. The molecule has 6 nitrogen and oxygen atoms in total. The number of likely N-dealkylation sites (tertiary alicyclic amines) is 1. The Morgan fingerprint density at radius 3 is 2.56 bits per heavy atom. The highest BCUT2D eigenvalue weighted by molar-refractivity contribution is 7.90. The van der Waals surface area contributed by atoms with Crippen LogP contribution >= 0.6 is 34.5 Å². The van der Waals surface area contributed by atoms with E-state index in [4.69, 9.17) is 23.2 Å². The Bertz CT molecular complexity index is 976. The molecule has 1 aromatic carbocycles. The molecule has 1 N–H and O–H groups in total. The van der Waals surface area contributed by atoms with Crippen LogP contribution in [-0.2, 0) is 19.6 Å². The molecule has 2 amide bonds. The summed E-state index contributed by atoms with van der Waals surface area (Å²) in [5.74, 6) is -1.68. The van der Waals surface area contributed by atoms with E-state index in [1.54, 1.807) is 4.90 Å². The van der Waals surface area contributed by atoms with E-state index in [1.165, 1.54) is 6.07 Å². The molecule has 1 aliphatic rings. The molecule has 3 rings (SSSR count). The quantitative estimate of drug-likeness (QED) is 0.761. The lowest BCUT2D eigenvalue weighted by Gasteiger charge is -2.25. The van der Waals surface area contributed by atoms with E-state index >= 15 is 0 Å². The van der Waals surface area contributed by atoms with E-state index in [9.17, 15) is 18.0 Å². The molecule has 2 atom stereocenters. The van der Waals surface area contributed by atoms with Gasteiger partial charge in [0.1, 0.15) is 9.23 Å². The van der Waals surface area contributed by atoms with Crippen LogP contribution in [-0.4, -0.2) is 31.7 Å². The van der Waals surface area contributed by atoms with Crippen LogP contribution in [0.2, 0.25) is 8.67 Å². The maximum Gasteiger partial charge on any atom is 0.266 e. The molecule has 1 saturated heterocycles. The molecular formula is C17H16Cl2N2O4S2. The van der Waals surface area contributed by atoms with Gasteiger partial charge < -0.3 is 4.90 Å². The van der Waals surface area contributed by atoms with Gasteiger partial charge in [-0.25, -0.2) is 13.1 Å². The number of hydrogen-bond acceptors (Lipinski definition) is 5. The Morgan fingerprint density at radius 2 is 1.96 bits per heavy atom. The fourth-order valence-electron chi connectivity index (χ4n) is 2.97. The topological polar surface area (TPSA) is 83.6 Å². The normalized spacial score (nSPS) is 18.6. The monoisotopic (exact) mass is 446 g/mol. The minimum Gasteiger partial charge on any atom is -0.335 e. The molecule has 0 aliphatic carbocycles. The second kappa shape index (κ2) is 7.79. The van der Waals surface area contributed by atoms with Gasteiger partial charge >= 0.3 is 0 Å². The Morgan fingerprint density at radius 1 is 1.30 bits per heavy atom. The number of carbonyl (C=O) groups is 2. The van der Waals surface area contributed by atoms with Gasteiger partial charge in [0.2, 0.25) is 11.8 Å². The van der Waals surface area contributed by atoms with Crippen LogP contribution in [0.25, 0.3) is 0 Å². The maximum atomic E-state index is 12.5. The lowest BCUT2D eigenvalue weighted by atomic mass is 10.1. The molecule has 1 aromatic heterocycles. The Labute approximate surface area is 171 Å². The summed E-state index contributed by atoms with van der Waals surface area (Å²) in [7, 11) is -4.15. The summed E-state index contributed by atoms with van der Waals surface area (Å²) >= 11 is 12.5. The molecule has 0 radical (unpaired) electrons. The fourth-order valence-corrected chi connectivity index (χ4v) is 6.17. The number of rotatable bonds is 5. The molecule has 1 aliphatic heterocycles. The van der Waals surface area contributed by atoms with Gasteiger partial charge in [-0.1, -0.05) is 53.5 Å². The number of sulfonamides is 1. The third-order valence-electron chi connectivity index (χ3n) is 4.43. The summed E-state index contributed by atoms with van der Waals surface area (Å²) in [4.78, 5) is 26.2. The molecule has 2 unspecified atom stereocenters. The number of nitrogens with zero attached hydrogens (tertiary/aromatic N) is 1. The van der Waals surface area contributed by atoms with Crippen LogP contribution in [0.4, 0.5) is 0 Å². The van der Waals surface area contributed by atoms with Gasteiger partial charge in [-0.3, -0.25) is 9.59 Å². The van der Waals surface area contributed by atoms with Crippen molar-refractivity contribution in [2.24, 2.45) is 5.92 Å². The molecule has 27 heavy (non-hydrogen) atoms. The second-order valence-electron chi connectivity index (χ2n) is 6.19. The van der Waals surface area contributed by atoms with Gasteiger partial charge in [0.25, 0.3) is 10.0 Å². The zero-order valence-corrected chi connectivity index (χ0v) is 17.3. The van der Waals surface area contributed by atoms with Crippen LogP contribution in [0.1, 0.15) is 24.9 Å². The van der Waals surface area contributed by atoms with Crippen molar-refractivity contribution in [2.45, 2.75) is 24.3 Å². The molecule has 0 bridgehead atoms. The van der Waals surface area contributed by atoms with Gasteiger partial charge in [-0.05, 0) is 18.6 Å². The fraction of sp³-hybridized carbons (Fsp3) is 0.294. The highest BCUT2D eigenvalue weighted by Gasteiger charge is 2.38. The predicted octanol–water partition coefficient (Wildman–Crippen LogP) is 3.47. The standard InChI is InChI=1S/C17H16Cl2N2O4S2/c1-10(11-5-3-2-4-6-11)21-9-12(7-15(21)22)17(23)20-27(24,25)13-8-14(18)26-16(13)19/h2-6,8,10,12H,7,9H2,1H3,(H,20,23). The number of hydrogen-bond donors (Lipinski definition) is 1. The highest BCUT2D eigenvalue weighted by atomic mass is 35.5. The van der Waals surface area contributed by atoms with E-state index in [0.29, 0.717) is 0 Å². The van der Waals surface area contributed by atoms with Crippen LogP contribution < -0.4 is 4.72 Å². The zero-order valence-electron chi connectivity index (χ0n) is 14.2. The minimum absolute atomic E-state index is 0.0258. The van der Waals surface area contributed by atoms with Gasteiger partial charge in [-0.2, -0.15) is 0 Å². The number of halogens is 2. The van der Waals surface area contributed by atoms with E-state index in [0.717, 1.165) is 16.9 Å². The van der Waals surface area contributed by atoms with Gasteiger partial charge in [0.15, 0.2) is 0 Å². The lowest BCUT2D eigenvalue weighted by molar-refractivity contribution is -0.130. The third-order valence-corrected chi connectivity index (χ3v) is 7.53. The van der Waals surface area contributed by atoms with Crippen molar-refractivity contribution in [1.29, 1.82) is 0 Å². The summed E-state index contributed by atoms with van der Waals surface area (Å²) < 4.78 is 27.0. The van der Waals surface area contributed by atoms with Crippen molar-refractivity contribution in [1.82, 2.24) is 9.62 Å². The molecule has 2 aromatic rings. The summed E-state index contributed by atoms with van der Waals surface area (Å²) in [6.07, 6.45) is -0.0450. The molecule has 0 saturated carbocycles. The second-order valence-corrected chi connectivity index (χ2v) is 10.1.